The summed E-state index contributed by atoms with van der Waals surface area (Å²) in [7, 11) is 0. The summed E-state index contributed by atoms with van der Waals surface area (Å²) in [5.74, 6) is 1.98. The van der Waals surface area contributed by atoms with E-state index in [9.17, 15) is 5.26 Å². The first-order chi connectivity index (χ1) is 19.1. The molecule has 0 saturated carbocycles. The molecule has 0 N–H and O–H groups in total. The average molecular weight is 526 g/mol. The van der Waals surface area contributed by atoms with Crippen LogP contribution in [0.1, 0.15) is 74.1 Å². The van der Waals surface area contributed by atoms with E-state index in [2.05, 4.69) is 44.2 Å². The monoisotopic (exact) mass is 525 g/mol. The Hall–Kier alpha value is -3.33. The highest BCUT2D eigenvalue weighted by Crippen LogP contribution is 2.45. The standard InChI is InChI=1S/C34H39NO4/c1-3-34(23-37-24-34)22-36-16-6-4-5-7-17-38-28-10-12-29(13-11-28)39-21-27-9-15-31-30-14-8-26(20-35)18-32(30)25(2)33(31)19-27/h8-15,18-19,25H,3-7,16-17,21-24H2,1-2H3. The lowest BCUT2D eigenvalue weighted by molar-refractivity contribution is -0.150. The van der Waals surface area contributed by atoms with Crippen molar-refractivity contribution in [3.05, 3.63) is 82.9 Å². The molecule has 39 heavy (non-hydrogen) atoms. The highest BCUT2D eigenvalue weighted by atomic mass is 16.5. The second-order valence-electron chi connectivity index (χ2n) is 11.0. The minimum Gasteiger partial charge on any atom is -0.494 e. The molecule has 1 aliphatic heterocycles. The lowest BCUT2D eigenvalue weighted by atomic mass is 9.84. The van der Waals surface area contributed by atoms with Crippen LogP contribution in [0.25, 0.3) is 11.1 Å². The Balaban J connectivity index is 0.994. The third-order valence-corrected chi connectivity index (χ3v) is 8.18. The number of hydrogen-bond acceptors (Lipinski definition) is 5. The Kier molecular flexibility index (Phi) is 8.86. The second kappa shape index (κ2) is 12.7. The minimum atomic E-state index is 0.272. The molecule has 0 aromatic heterocycles. The largest absolute Gasteiger partial charge is 0.494 e. The van der Waals surface area contributed by atoms with Crippen molar-refractivity contribution in [2.45, 2.75) is 58.5 Å². The van der Waals surface area contributed by atoms with Crippen molar-refractivity contribution < 1.29 is 18.9 Å². The molecule has 0 bridgehead atoms. The van der Waals surface area contributed by atoms with Gasteiger partial charge in [-0.25, -0.2) is 0 Å². The summed E-state index contributed by atoms with van der Waals surface area (Å²) in [6.07, 6.45) is 5.60. The number of nitriles is 1. The lowest BCUT2D eigenvalue weighted by Gasteiger charge is -2.40. The molecule has 1 atom stereocenters. The molecule has 3 aromatic carbocycles. The van der Waals surface area contributed by atoms with Gasteiger partial charge in [0, 0.05) is 17.9 Å². The molecule has 1 saturated heterocycles. The van der Waals surface area contributed by atoms with Crippen LogP contribution in [0.15, 0.2) is 60.7 Å². The van der Waals surface area contributed by atoms with Gasteiger partial charge < -0.3 is 18.9 Å². The Bertz CT molecular complexity index is 1280. The van der Waals surface area contributed by atoms with Crippen LogP contribution in [0.3, 0.4) is 0 Å². The van der Waals surface area contributed by atoms with Gasteiger partial charge in [0.2, 0.25) is 0 Å². The number of ether oxygens (including phenoxy) is 4. The van der Waals surface area contributed by atoms with E-state index in [1.54, 1.807) is 0 Å². The summed E-state index contributed by atoms with van der Waals surface area (Å²) in [6, 6.07) is 22.7. The van der Waals surface area contributed by atoms with Gasteiger partial charge >= 0.3 is 0 Å². The van der Waals surface area contributed by atoms with E-state index >= 15 is 0 Å². The molecule has 1 fully saturated rings. The predicted octanol–water partition coefficient (Wildman–Crippen LogP) is 7.65. The van der Waals surface area contributed by atoms with Crippen molar-refractivity contribution in [2.75, 3.05) is 33.0 Å². The maximum absolute atomic E-state index is 9.26. The van der Waals surface area contributed by atoms with Crippen molar-refractivity contribution in [2.24, 2.45) is 5.41 Å². The van der Waals surface area contributed by atoms with Crippen molar-refractivity contribution in [1.82, 2.24) is 0 Å². The Morgan fingerprint density at radius 1 is 0.846 bits per heavy atom. The number of nitrogens with zero attached hydrogens (tertiary/aromatic N) is 1. The SMILES string of the molecule is CCC1(COCCCCCCOc2ccc(OCc3ccc4c(c3)C(C)c3cc(C#N)ccc3-4)cc2)COC1. The van der Waals surface area contributed by atoms with Crippen LogP contribution in [0.5, 0.6) is 11.5 Å². The Morgan fingerprint density at radius 3 is 2.18 bits per heavy atom. The van der Waals surface area contributed by atoms with Crippen LogP contribution in [-0.4, -0.2) is 33.0 Å². The Labute approximate surface area is 232 Å². The van der Waals surface area contributed by atoms with E-state index in [4.69, 9.17) is 18.9 Å². The summed E-state index contributed by atoms with van der Waals surface area (Å²) >= 11 is 0. The number of unbranched alkanes of at least 4 members (excludes halogenated alkanes) is 3. The van der Waals surface area contributed by atoms with E-state index in [-0.39, 0.29) is 11.3 Å². The number of hydrogen-bond donors (Lipinski definition) is 0. The van der Waals surface area contributed by atoms with Crippen molar-refractivity contribution >= 4 is 0 Å². The molecule has 0 spiro atoms. The van der Waals surface area contributed by atoms with Gasteiger partial charge in [-0.1, -0.05) is 44.5 Å². The molecule has 3 aromatic rings. The summed E-state index contributed by atoms with van der Waals surface area (Å²) in [4.78, 5) is 0. The van der Waals surface area contributed by atoms with Gasteiger partial charge in [0.15, 0.2) is 0 Å². The molecule has 1 heterocycles. The first kappa shape index (κ1) is 27.2. The minimum absolute atomic E-state index is 0.272. The normalized spacial score (nSPS) is 16.6. The van der Waals surface area contributed by atoms with Gasteiger partial charge in [-0.15, -0.1) is 0 Å². The highest BCUT2D eigenvalue weighted by Gasteiger charge is 2.36. The maximum atomic E-state index is 9.26. The summed E-state index contributed by atoms with van der Waals surface area (Å²) in [5.41, 5.74) is 7.15. The van der Waals surface area contributed by atoms with Gasteiger partial charge in [-0.05, 0) is 89.9 Å². The Morgan fingerprint density at radius 2 is 1.51 bits per heavy atom. The fourth-order valence-corrected chi connectivity index (χ4v) is 5.43. The first-order valence-electron chi connectivity index (χ1n) is 14.3. The zero-order chi connectivity index (χ0) is 27.1. The quantitative estimate of drug-likeness (QED) is 0.202. The molecule has 1 unspecified atom stereocenters. The van der Waals surface area contributed by atoms with E-state index in [0.717, 1.165) is 75.8 Å². The van der Waals surface area contributed by atoms with Gasteiger partial charge in [0.05, 0.1) is 38.1 Å². The molecule has 0 radical (unpaired) electrons. The van der Waals surface area contributed by atoms with E-state index < -0.39 is 0 Å². The highest BCUT2D eigenvalue weighted by molar-refractivity contribution is 5.79. The fourth-order valence-electron chi connectivity index (χ4n) is 5.43. The van der Waals surface area contributed by atoms with Crippen LogP contribution in [0.2, 0.25) is 0 Å². The number of rotatable bonds is 14. The maximum Gasteiger partial charge on any atom is 0.120 e. The zero-order valence-electron chi connectivity index (χ0n) is 23.2. The number of fused-ring (bicyclic) bond motifs is 3. The molecule has 5 heteroatoms. The van der Waals surface area contributed by atoms with E-state index in [0.29, 0.717) is 12.2 Å². The topological polar surface area (TPSA) is 60.7 Å². The first-order valence-corrected chi connectivity index (χ1v) is 14.3. The third-order valence-electron chi connectivity index (χ3n) is 8.18. The number of benzene rings is 3. The smallest absolute Gasteiger partial charge is 0.120 e. The summed E-state index contributed by atoms with van der Waals surface area (Å²) < 4.78 is 23.2. The zero-order valence-corrected chi connectivity index (χ0v) is 23.2. The van der Waals surface area contributed by atoms with Gasteiger partial charge in [-0.2, -0.15) is 5.26 Å². The van der Waals surface area contributed by atoms with Crippen molar-refractivity contribution in [1.29, 1.82) is 5.26 Å². The molecular formula is C34H39NO4. The van der Waals surface area contributed by atoms with Crippen LogP contribution in [0.4, 0.5) is 0 Å². The van der Waals surface area contributed by atoms with E-state index in [1.807, 2.05) is 36.4 Å². The molecule has 5 rings (SSSR count). The molecular weight excluding hydrogens is 486 g/mol. The third kappa shape index (κ3) is 6.46. The van der Waals surface area contributed by atoms with Gasteiger partial charge in [0.1, 0.15) is 18.1 Å². The van der Waals surface area contributed by atoms with Crippen LogP contribution in [0, 0.1) is 16.7 Å². The molecule has 1 aliphatic carbocycles. The van der Waals surface area contributed by atoms with Crippen LogP contribution in [-0.2, 0) is 16.1 Å². The molecule has 0 amide bonds. The summed E-state index contributed by atoms with van der Waals surface area (Å²) in [6.45, 7) is 9.03. The van der Waals surface area contributed by atoms with E-state index in [1.165, 1.54) is 28.7 Å². The van der Waals surface area contributed by atoms with Gasteiger partial charge in [0.25, 0.3) is 0 Å². The van der Waals surface area contributed by atoms with Crippen LogP contribution >= 0.6 is 0 Å². The van der Waals surface area contributed by atoms with Crippen LogP contribution < -0.4 is 9.47 Å². The van der Waals surface area contributed by atoms with Crippen molar-refractivity contribution in [3.63, 3.8) is 0 Å². The average Bonchev–Trinajstić information content (AvgIpc) is 3.23. The molecule has 2 aliphatic rings. The predicted molar refractivity (Wildman–Crippen MR) is 153 cm³/mol. The fraction of sp³-hybridized carbons (Fsp3) is 0.441. The lowest BCUT2D eigenvalue weighted by Crippen LogP contribution is -2.45. The molecule has 5 nitrogen and oxygen atoms in total. The second-order valence-corrected chi connectivity index (χ2v) is 11.0. The van der Waals surface area contributed by atoms with Gasteiger partial charge in [-0.3, -0.25) is 0 Å². The van der Waals surface area contributed by atoms with Crippen molar-refractivity contribution in [3.8, 4) is 28.7 Å². The summed E-state index contributed by atoms with van der Waals surface area (Å²) in [5, 5.41) is 9.26. The molecule has 204 valence electrons.